The lowest BCUT2D eigenvalue weighted by molar-refractivity contribution is 1.65. The Labute approximate surface area is 115 Å². The van der Waals surface area contributed by atoms with Crippen LogP contribution in [0.4, 0.5) is 0 Å². The Bertz CT molecular complexity index is 586. The quantitative estimate of drug-likeness (QED) is 0.489. The van der Waals surface area contributed by atoms with Crippen LogP contribution in [-0.2, 0) is 0 Å². The van der Waals surface area contributed by atoms with Gasteiger partial charge in [0.15, 0.2) is 0 Å². The minimum Gasteiger partial charge on any atom is -0.0991 e. The molecule has 0 spiro atoms. The van der Waals surface area contributed by atoms with Gasteiger partial charge in [0.25, 0.3) is 0 Å². The highest BCUT2D eigenvalue weighted by Crippen LogP contribution is 2.79. The Hall–Kier alpha value is -1.91. The van der Waals surface area contributed by atoms with E-state index in [1.165, 1.54) is 21.8 Å². The maximum absolute atomic E-state index is 3.76. The maximum atomic E-state index is 3.76. The number of rotatable bonds is 4. The molecule has 0 radical (unpaired) electrons. The molecule has 19 heavy (non-hydrogen) atoms. The molecular formula is C18H15P. The molecule has 0 N–H and O–H groups in total. The Balaban J connectivity index is 2.00. The molecule has 3 rings (SSSR count). The summed E-state index contributed by atoms with van der Waals surface area (Å²) < 4.78 is 0. The third-order valence-corrected chi connectivity index (χ3v) is 5.30. The second-order valence-electron chi connectivity index (χ2n) is 4.38. The summed E-state index contributed by atoms with van der Waals surface area (Å²) in [5, 5.41) is 3.00. The van der Waals surface area contributed by atoms with Crippen LogP contribution in [0.2, 0.25) is 0 Å². The van der Waals surface area contributed by atoms with Crippen LogP contribution in [0.3, 0.4) is 0 Å². The molecule has 1 aliphatic rings. The first-order valence-corrected chi connectivity index (χ1v) is 7.76. The molecule has 0 bridgehead atoms. The predicted octanol–water partition coefficient (Wildman–Crippen LogP) is 5.71. The van der Waals surface area contributed by atoms with Gasteiger partial charge in [0, 0.05) is 10.6 Å². The highest BCUT2D eigenvalue weighted by atomic mass is 31.1. The number of hydrogen-bond donors (Lipinski definition) is 0. The van der Waals surface area contributed by atoms with Gasteiger partial charge < -0.3 is 0 Å². The fraction of sp³-hybridized carbons (Fsp3) is 0. The van der Waals surface area contributed by atoms with E-state index in [-0.39, 0.29) is 7.92 Å². The summed E-state index contributed by atoms with van der Waals surface area (Å²) in [6, 6.07) is 21.3. The molecule has 92 valence electrons. The zero-order valence-corrected chi connectivity index (χ0v) is 11.6. The Morgan fingerprint density at radius 2 is 1.21 bits per heavy atom. The van der Waals surface area contributed by atoms with E-state index in [2.05, 4.69) is 79.1 Å². The van der Waals surface area contributed by atoms with Gasteiger partial charge in [0.1, 0.15) is 0 Å². The van der Waals surface area contributed by atoms with Crippen LogP contribution in [0.15, 0.2) is 85.2 Å². The van der Waals surface area contributed by atoms with E-state index < -0.39 is 0 Å². The first kappa shape index (κ1) is 12.1. The summed E-state index contributed by atoms with van der Waals surface area (Å²) in [4.78, 5) is 0. The second kappa shape index (κ2) is 5.38. The smallest absolute Gasteiger partial charge is 0.000554 e. The molecule has 0 fully saturated rings. The van der Waals surface area contributed by atoms with Gasteiger partial charge in [-0.2, -0.15) is 0 Å². The molecule has 1 aliphatic heterocycles. The van der Waals surface area contributed by atoms with Gasteiger partial charge in [0.2, 0.25) is 0 Å². The Morgan fingerprint density at radius 1 is 0.737 bits per heavy atom. The Morgan fingerprint density at radius 3 is 1.63 bits per heavy atom. The Kier molecular flexibility index (Phi) is 3.44. The maximum Gasteiger partial charge on any atom is 0.000554 e. The van der Waals surface area contributed by atoms with E-state index in [1.807, 2.05) is 6.08 Å². The largest absolute Gasteiger partial charge is 0.0991 e. The van der Waals surface area contributed by atoms with Gasteiger partial charge in [-0.25, -0.2) is 0 Å². The van der Waals surface area contributed by atoms with E-state index in [0.29, 0.717) is 0 Å². The van der Waals surface area contributed by atoms with Gasteiger partial charge in [-0.15, -0.1) is 0 Å². The van der Waals surface area contributed by atoms with Gasteiger partial charge in [-0.3, -0.25) is 0 Å². The highest BCUT2D eigenvalue weighted by Gasteiger charge is 2.35. The van der Waals surface area contributed by atoms with Crippen molar-refractivity contribution in [2.24, 2.45) is 0 Å². The van der Waals surface area contributed by atoms with Crippen LogP contribution >= 0.6 is 7.92 Å². The third-order valence-electron chi connectivity index (χ3n) is 3.12. The van der Waals surface area contributed by atoms with Crippen molar-refractivity contribution in [3.05, 3.63) is 96.3 Å². The van der Waals surface area contributed by atoms with Crippen LogP contribution in [0.1, 0.15) is 11.1 Å². The molecule has 2 aromatic rings. The van der Waals surface area contributed by atoms with Crippen molar-refractivity contribution in [1.82, 2.24) is 0 Å². The molecule has 2 aromatic carbocycles. The SMILES string of the molecule is C=C/C=C/P1C(c2ccccc2)=C1c1ccccc1. The van der Waals surface area contributed by atoms with E-state index in [0.717, 1.165) is 0 Å². The minimum absolute atomic E-state index is 0.254. The second-order valence-corrected chi connectivity index (χ2v) is 6.31. The van der Waals surface area contributed by atoms with E-state index in [9.17, 15) is 0 Å². The van der Waals surface area contributed by atoms with Crippen molar-refractivity contribution in [2.75, 3.05) is 0 Å². The topological polar surface area (TPSA) is 0 Å². The van der Waals surface area contributed by atoms with E-state index >= 15 is 0 Å². The van der Waals surface area contributed by atoms with Crippen LogP contribution in [-0.4, -0.2) is 0 Å². The normalized spacial score (nSPS) is 14.9. The first-order valence-electron chi connectivity index (χ1n) is 6.35. The summed E-state index contributed by atoms with van der Waals surface area (Å²) in [6.07, 6.45) is 3.91. The van der Waals surface area contributed by atoms with E-state index in [1.54, 1.807) is 0 Å². The van der Waals surface area contributed by atoms with Crippen LogP contribution in [0.5, 0.6) is 0 Å². The first-order chi connectivity index (χ1) is 9.42. The molecule has 0 aliphatic carbocycles. The van der Waals surface area contributed by atoms with Crippen molar-refractivity contribution in [1.29, 1.82) is 0 Å². The van der Waals surface area contributed by atoms with Gasteiger partial charge >= 0.3 is 0 Å². The summed E-state index contributed by atoms with van der Waals surface area (Å²) in [5.41, 5.74) is 2.70. The predicted molar refractivity (Wildman–Crippen MR) is 86.0 cm³/mol. The molecule has 0 saturated heterocycles. The van der Waals surface area contributed by atoms with E-state index in [4.69, 9.17) is 0 Å². The van der Waals surface area contributed by atoms with Gasteiger partial charge in [-0.1, -0.05) is 85.2 Å². The minimum atomic E-state index is -0.254. The van der Waals surface area contributed by atoms with Crippen molar-refractivity contribution in [3.63, 3.8) is 0 Å². The van der Waals surface area contributed by atoms with Gasteiger partial charge in [-0.05, 0) is 19.0 Å². The molecule has 0 unspecified atom stereocenters. The fourth-order valence-corrected chi connectivity index (χ4v) is 4.45. The van der Waals surface area contributed by atoms with Crippen molar-refractivity contribution >= 4 is 18.5 Å². The molecule has 0 saturated carbocycles. The lowest BCUT2D eigenvalue weighted by atomic mass is 10.1. The number of benzene rings is 2. The zero-order chi connectivity index (χ0) is 13.1. The van der Waals surface area contributed by atoms with Crippen molar-refractivity contribution < 1.29 is 0 Å². The molecule has 0 nitrogen and oxygen atoms in total. The number of allylic oxidation sites excluding steroid dienone is 2. The van der Waals surface area contributed by atoms with Crippen LogP contribution in [0.25, 0.3) is 10.6 Å². The monoisotopic (exact) mass is 262 g/mol. The fourth-order valence-electron chi connectivity index (χ4n) is 2.22. The average molecular weight is 262 g/mol. The molecule has 0 atom stereocenters. The molecular weight excluding hydrogens is 247 g/mol. The summed E-state index contributed by atoms with van der Waals surface area (Å²) in [5.74, 6) is 2.28. The summed E-state index contributed by atoms with van der Waals surface area (Å²) >= 11 is 0. The van der Waals surface area contributed by atoms with Gasteiger partial charge in [0.05, 0.1) is 0 Å². The lowest BCUT2D eigenvalue weighted by Gasteiger charge is -1.95. The highest BCUT2D eigenvalue weighted by molar-refractivity contribution is 7.91. The summed E-state index contributed by atoms with van der Waals surface area (Å²) in [6.45, 7) is 3.76. The number of hydrogen-bond acceptors (Lipinski definition) is 0. The van der Waals surface area contributed by atoms with Crippen LogP contribution < -0.4 is 0 Å². The molecule has 1 heteroatoms. The molecule has 0 aromatic heterocycles. The summed E-state index contributed by atoms with van der Waals surface area (Å²) in [7, 11) is -0.254. The molecule has 0 amide bonds. The average Bonchev–Trinajstić information content (AvgIpc) is 3.21. The zero-order valence-electron chi connectivity index (χ0n) is 10.7. The van der Waals surface area contributed by atoms with Crippen LogP contribution in [0, 0.1) is 0 Å². The molecule has 1 heterocycles. The standard InChI is InChI=1S/C18H15P/c1-2-3-14-19-17(15-10-6-4-7-11-15)18(19)16-12-8-5-9-13-16/h2-14H,1H2/b14-3+. The van der Waals surface area contributed by atoms with Crippen molar-refractivity contribution in [2.45, 2.75) is 0 Å². The third kappa shape index (κ3) is 2.45. The van der Waals surface area contributed by atoms with Crippen molar-refractivity contribution in [3.8, 4) is 0 Å². The lowest BCUT2D eigenvalue weighted by Crippen LogP contribution is -1.70.